The molecule has 4 rings (SSSR count). The summed E-state index contributed by atoms with van der Waals surface area (Å²) in [6.45, 7) is 7.99. The zero-order valence-corrected chi connectivity index (χ0v) is 25.2. The van der Waals surface area contributed by atoms with Crippen molar-refractivity contribution < 1.29 is 88.7 Å². The van der Waals surface area contributed by atoms with Crippen molar-refractivity contribution in [2.45, 2.75) is 129 Å². The molecule has 3 fully saturated rings. The van der Waals surface area contributed by atoms with Crippen LogP contribution >= 0.6 is 0 Å². The number of hydrogen-bond donors (Lipinski definition) is 4. The number of nitrogens with zero attached hydrogens (tertiary/aromatic N) is 4. The van der Waals surface area contributed by atoms with Gasteiger partial charge in [-0.15, -0.1) is 18.1 Å². The van der Waals surface area contributed by atoms with E-state index in [0.717, 1.165) is 63.5 Å². The van der Waals surface area contributed by atoms with Crippen LogP contribution in [0.15, 0.2) is 23.9 Å². The summed E-state index contributed by atoms with van der Waals surface area (Å²) in [6.07, 6.45) is 13.0. The summed E-state index contributed by atoms with van der Waals surface area (Å²) in [5.74, 6) is 0. The Kier molecular flexibility index (Phi) is 32.2. The molecule has 0 bridgehead atoms. The maximum Gasteiger partial charge on any atom is 1.00 e. The largest absolute Gasteiger partial charge is 1.00 e. The van der Waals surface area contributed by atoms with Gasteiger partial charge in [0.2, 0.25) is 0 Å². The molecule has 0 radical (unpaired) electrons. The number of aliphatic hydroxyl groups excluding tert-OH is 4. The van der Waals surface area contributed by atoms with Gasteiger partial charge >= 0.3 is 68.3 Å². The van der Waals surface area contributed by atoms with Crippen molar-refractivity contribution >= 4 is 0 Å². The Balaban J connectivity index is -0.000000183. The zero-order valence-electron chi connectivity index (χ0n) is 21.4. The predicted octanol–water partition coefficient (Wildman–Crippen LogP) is 4.89. The fourth-order valence-electron chi connectivity index (χ4n) is 3.70. The molecule has 4 heterocycles. The van der Waals surface area contributed by atoms with Crippen molar-refractivity contribution in [3.8, 4) is 0 Å². The van der Waals surface area contributed by atoms with E-state index in [9.17, 15) is 0 Å². The molecule has 0 spiro atoms. The molecule has 0 aromatic carbocycles. The van der Waals surface area contributed by atoms with Crippen LogP contribution in [-0.4, -0.2) is 63.5 Å². The SMILES string of the molecule is CC1=CC=CC(O)[N-]1.CC1CCCC(O)[N-]1.CC1CCCC(O)[N-]1.CC1CCCC(O)[N-]1.[Cu+].[Cu+].[Cu+].[Cu+]. The third kappa shape index (κ3) is 24.1. The van der Waals surface area contributed by atoms with Crippen molar-refractivity contribution in [1.29, 1.82) is 0 Å². The van der Waals surface area contributed by atoms with Crippen LogP contribution in [-0.2, 0) is 68.3 Å². The zero-order chi connectivity index (χ0) is 23.9. The summed E-state index contributed by atoms with van der Waals surface area (Å²) in [7, 11) is 0. The van der Waals surface area contributed by atoms with E-state index in [1.54, 1.807) is 12.2 Å². The summed E-state index contributed by atoms with van der Waals surface area (Å²) < 4.78 is 0. The molecule has 4 aliphatic rings. The van der Waals surface area contributed by atoms with Crippen LogP contribution in [0.25, 0.3) is 21.3 Å². The van der Waals surface area contributed by atoms with Gasteiger partial charge in [0.25, 0.3) is 0 Å². The monoisotopic (exact) mass is 704 g/mol. The van der Waals surface area contributed by atoms with Gasteiger partial charge < -0.3 is 41.7 Å². The minimum absolute atomic E-state index is 0. The van der Waals surface area contributed by atoms with E-state index in [-0.39, 0.29) is 87.0 Å². The van der Waals surface area contributed by atoms with Gasteiger partial charge in [-0.1, -0.05) is 84.4 Å². The quantitative estimate of drug-likeness (QED) is 0.267. The van der Waals surface area contributed by atoms with Crippen molar-refractivity contribution in [2.75, 3.05) is 0 Å². The summed E-state index contributed by atoms with van der Waals surface area (Å²) in [6, 6.07) is 1.16. The predicted molar refractivity (Wildman–Crippen MR) is 130 cm³/mol. The van der Waals surface area contributed by atoms with Gasteiger partial charge in [-0.05, 0) is 37.9 Å². The molecule has 7 unspecified atom stereocenters. The fourth-order valence-corrected chi connectivity index (χ4v) is 3.70. The average molecular weight is 707 g/mol. The molecule has 0 aromatic heterocycles. The molecule has 228 valence electrons. The minimum Gasteiger partial charge on any atom is -0.660 e. The molecule has 0 saturated carbocycles. The molecule has 0 amide bonds. The summed E-state index contributed by atoms with van der Waals surface area (Å²) in [5.41, 5.74) is 0.875. The first-order valence-corrected chi connectivity index (χ1v) is 12.0. The number of allylic oxidation sites excluding steroid dienone is 3. The van der Waals surface area contributed by atoms with Crippen LogP contribution < -0.4 is 0 Å². The number of rotatable bonds is 0. The summed E-state index contributed by atoms with van der Waals surface area (Å²) in [5, 5.41) is 51.5. The standard InChI is InChI=1S/3C6H12NO.C6H8NO.4Cu/c4*1-5-3-2-4-6(8)7-5;;;;/h3*5-6,8H,2-4H2,1H3;2-4,6,8H,1H3;;;;/q4*-1;4*+1. The second-order valence-electron chi connectivity index (χ2n) is 8.96. The molecule has 36 heavy (non-hydrogen) atoms. The van der Waals surface area contributed by atoms with E-state index in [1.807, 2.05) is 33.8 Å². The van der Waals surface area contributed by atoms with Crippen LogP contribution in [0.5, 0.6) is 0 Å². The summed E-state index contributed by atoms with van der Waals surface area (Å²) in [4.78, 5) is 0. The molecular formula is C24H44Cu4N4O4. The first-order valence-electron chi connectivity index (χ1n) is 12.0. The smallest absolute Gasteiger partial charge is 0.660 e. The average Bonchev–Trinajstić information content (AvgIpc) is 2.69. The van der Waals surface area contributed by atoms with Crippen LogP contribution in [0, 0.1) is 0 Å². The van der Waals surface area contributed by atoms with E-state index < -0.39 is 6.23 Å². The third-order valence-electron chi connectivity index (χ3n) is 5.49. The molecular weight excluding hydrogens is 662 g/mol. The van der Waals surface area contributed by atoms with Crippen molar-refractivity contribution in [3.05, 3.63) is 45.2 Å². The molecule has 4 N–H and O–H groups in total. The van der Waals surface area contributed by atoms with Crippen LogP contribution in [0.2, 0.25) is 0 Å². The van der Waals surface area contributed by atoms with Gasteiger partial charge in [0.15, 0.2) is 0 Å². The Morgan fingerprint density at radius 3 is 1.11 bits per heavy atom. The topological polar surface area (TPSA) is 137 Å². The summed E-state index contributed by atoms with van der Waals surface area (Å²) >= 11 is 0. The Morgan fingerprint density at radius 1 is 0.611 bits per heavy atom. The number of piperidine rings is 3. The van der Waals surface area contributed by atoms with Gasteiger partial charge in [-0.25, -0.2) is 0 Å². The van der Waals surface area contributed by atoms with Gasteiger partial charge in [-0.3, -0.25) is 0 Å². The van der Waals surface area contributed by atoms with E-state index >= 15 is 0 Å². The molecule has 12 heteroatoms. The first kappa shape index (κ1) is 44.1. The van der Waals surface area contributed by atoms with Crippen molar-refractivity contribution in [1.82, 2.24) is 0 Å². The van der Waals surface area contributed by atoms with Crippen LogP contribution in [0.3, 0.4) is 0 Å². The van der Waals surface area contributed by atoms with Gasteiger partial charge in [0.05, 0.1) is 0 Å². The maximum atomic E-state index is 8.91. The van der Waals surface area contributed by atoms with Crippen molar-refractivity contribution in [2.24, 2.45) is 0 Å². The third-order valence-corrected chi connectivity index (χ3v) is 5.49. The molecule has 0 aromatic rings. The minimum atomic E-state index is -0.611. The van der Waals surface area contributed by atoms with E-state index in [2.05, 4.69) is 21.3 Å². The van der Waals surface area contributed by atoms with E-state index in [1.165, 1.54) is 0 Å². The van der Waals surface area contributed by atoms with E-state index in [4.69, 9.17) is 20.4 Å². The molecule has 4 aliphatic heterocycles. The first-order chi connectivity index (χ1) is 15.2. The second-order valence-corrected chi connectivity index (χ2v) is 8.96. The second kappa shape index (κ2) is 26.3. The van der Waals surface area contributed by atoms with E-state index in [0.29, 0.717) is 18.1 Å². The Morgan fingerprint density at radius 2 is 0.944 bits per heavy atom. The Hall–Kier alpha value is 1.08. The van der Waals surface area contributed by atoms with Gasteiger partial charge in [0, 0.05) is 6.23 Å². The normalized spacial score (nSPS) is 32.4. The van der Waals surface area contributed by atoms with Gasteiger partial charge in [-0.2, -0.15) is 5.70 Å². The molecule has 0 aliphatic carbocycles. The molecule has 3 saturated heterocycles. The Bertz CT molecular complexity index is 493. The molecule has 7 atom stereocenters. The van der Waals surface area contributed by atoms with Crippen LogP contribution in [0.1, 0.15) is 85.5 Å². The fraction of sp³-hybridized carbons (Fsp3) is 0.833. The van der Waals surface area contributed by atoms with Crippen molar-refractivity contribution in [3.63, 3.8) is 0 Å². The van der Waals surface area contributed by atoms with Gasteiger partial charge in [0.1, 0.15) is 0 Å². The Labute approximate surface area is 261 Å². The maximum absolute atomic E-state index is 8.91. The van der Waals surface area contributed by atoms with Crippen LogP contribution in [0.4, 0.5) is 0 Å². The molecule has 8 nitrogen and oxygen atoms in total. The number of aliphatic hydroxyl groups is 4. The number of hydrogen-bond acceptors (Lipinski definition) is 4.